The number of nitrogens with zero attached hydrogens (tertiary/aromatic N) is 1. The second-order valence-electron chi connectivity index (χ2n) is 6.51. The molecule has 136 valence electrons. The molecule has 0 atom stereocenters. The first-order valence-corrected chi connectivity index (χ1v) is 8.58. The SMILES string of the molecule is CC(C)CCSc1ccc(C(=O)NC(C)(C)CN)cc1[N+](=O)[O-].Cl. The fraction of sp³-hybridized carbons (Fsp3) is 0.562. The number of rotatable bonds is 8. The lowest BCUT2D eigenvalue weighted by Gasteiger charge is -2.24. The van der Waals surface area contributed by atoms with Crippen LogP contribution in [-0.2, 0) is 0 Å². The van der Waals surface area contributed by atoms with Crippen LogP contribution >= 0.6 is 24.2 Å². The van der Waals surface area contributed by atoms with E-state index in [1.54, 1.807) is 26.0 Å². The molecule has 0 radical (unpaired) electrons. The van der Waals surface area contributed by atoms with E-state index in [9.17, 15) is 14.9 Å². The van der Waals surface area contributed by atoms with Crippen molar-refractivity contribution in [2.24, 2.45) is 11.7 Å². The van der Waals surface area contributed by atoms with Crippen molar-refractivity contribution in [2.75, 3.05) is 12.3 Å². The van der Waals surface area contributed by atoms with Crippen LogP contribution in [0.15, 0.2) is 23.1 Å². The highest BCUT2D eigenvalue weighted by molar-refractivity contribution is 7.99. The molecule has 6 nitrogen and oxygen atoms in total. The number of nitrogens with two attached hydrogens (primary N) is 1. The van der Waals surface area contributed by atoms with Gasteiger partial charge in [0.15, 0.2) is 0 Å². The van der Waals surface area contributed by atoms with E-state index in [0.29, 0.717) is 10.8 Å². The van der Waals surface area contributed by atoms with Crippen molar-refractivity contribution in [3.63, 3.8) is 0 Å². The van der Waals surface area contributed by atoms with Crippen LogP contribution in [0.2, 0.25) is 0 Å². The van der Waals surface area contributed by atoms with Crippen molar-refractivity contribution in [1.82, 2.24) is 5.32 Å². The third-order valence-corrected chi connectivity index (χ3v) is 4.43. The molecule has 1 aromatic rings. The third kappa shape index (κ3) is 7.07. The minimum absolute atomic E-state index is 0. The van der Waals surface area contributed by atoms with E-state index in [4.69, 9.17) is 5.73 Å². The molecule has 0 saturated carbocycles. The third-order valence-electron chi connectivity index (χ3n) is 3.33. The van der Waals surface area contributed by atoms with Crippen LogP contribution in [0.4, 0.5) is 5.69 Å². The summed E-state index contributed by atoms with van der Waals surface area (Å²) in [4.78, 5) is 23.6. The van der Waals surface area contributed by atoms with E-state index < -0.39 is 10.5 Å². The van der Waals surface area contributed by atoms with E-state index in [0.717, 1.165) is 12.2 Å². The summed E-state index contributed by atoms with van der Waals surface area (Å²) >= 11 is 1.45. The number of nitrogens with one attached hydrogen (secondary N) is 1. The Morgan fingerprint density at radius 2 is 2.04 bits per heavy atom. The minimum atomic E-state index is -0.559. The molecule has 0 bridgehead atoms. The Kier molecular flexibility index (Phi) is 9.32. The highest BCUT2D eigenvalue weighted by Gasteiger charge is 2.22. The summed E-state index contributed by atoms with van der Waals surface area (Å²) in [5, 5.41) is 14.0. The van der Waals surface area contributed by atoms with Crippen LogP contribution in [0.3, 0.4) is 0 Å². The zero-order valence-corrected chi connectivity index (χ0v) is 16.1. The molecule has 0 aliphatic rings. The Bertz CT molecular complexity index is 580. The van der Waals surface area contributed by atoms with Crippen molar-refractivity contribution in [1.29, 1.82) is 0 Å². The minimum Gasteiger partial charge on any atom is -0.346 e. The van der Waals surface area contributed by atoms with Crippen molar-refractivity contribution in [3.05, 3.63) is 33.9 Å². The van der Waals surface area contributed by atoms with Gasteiger partial charge in [-0.1, -0.05) is 13.8 Å². The summed E-state index contributed by atoms with van der Waals surface area (Å²) in [5.74, 6) is 0.997. The number of nitro benzene ring substituents is 1. The van der Waals surface area contributed by atoms with Gasteiger partial charge >= 0.3 is 0 Å². The summed E-state index contributed by atoms with van der Waals surface area (Å²) in [5.41, 5.74) is 5.27. The lowest BCUT2D eigenvalue weighted by molar-refractivity contribution is -0.387. The summed E-state index contributed by atoms with van der Waals surface area (Å²) in [6, 6.07) is 4.60. The van der Waals surface area contributed by atoms with Crippen LogP contribution in [-0.4, -0.2) is 28.7 Å². The summed E-state index contributed by atoms with van der Waals surface area (Å²) in [6.45, 7) is 8.11. The van der Waals surface area contributed by atoms with Gasteiger partial charge in [-0.05, 0) is 44.1 Å². The largest absolute Gasteiger partial charge is 0.346 e. The molecule has 3 N–H and O–H groups in total. The fourth-order valence-electron chi connectivity index (χ4n) is 1.76. The number of benzene rings is 1. The van der Waals surface area contributed by atoms with Crippen molar-refractivity contribution in [2.45, 2.75) is 44.6 Å². The summed E-state index contributed by atoms with van der Waals surface area (Å²) in [7, 11) is 0. The second-order valence-corrected chi connectivity index (χ2v) is 7.65. The molecule has 0 spiro atoms. The van der Waals surface area contributed by atoms with Gasteiger partial charge in [0.05, 0.1) is 9.82 Å². The van der Waals surface area contributed by atoms with Gasteiger partial charge in [-0.15, -0.1) is 24.2 Å². The van der Waals surface area contributed by atoms with Crippen molar-refractivity contribution >= 4 is 35.8 Å². The fourth-order valence-corrected chi connectivity index (χ4v) is 3.01. The molecule has 0 aliphatic carbocycles. The number of halogens is 1. The number of thioether (sulfide) groups is 1. The molecule has 8 heteroatoms. The lowest BCUT2D eigenvalue weighted by atomic mass is 10.1. The van der Waals surface area contributed by atoms with Crippen LogP contribution in [0.1, 0.15) is 44.5 Å². The van der Waals surface area contributed by atoms with Crippen LogP contribution in [0.5, 0.6) is 0 Å². The smallest absolute Gasteiger partial charge is 0.283 e. The van der Waals surface area contributed by atoms with Gasteiger partial charge in [0.25, 0.3) is 11.6 Å². The summed E-state index contributed by atoms with van der Waals surface area (Å²) < 4.78 is 0. The zero-order chi connectivity index (χ0) is 17.6. The molecule has 0 unspecified atom stereocenters. The molecule has 0 heterocycles. The molecule has 1 rings (SSSR count). The number of carbonyl (C=O) groups excluding carboxylic acids is 1. The second kappa shape index (κ2) is 9.86. The number of carbonyl (C=O) groups is 1. The highest BCUT2D eigenvalue weighted by atomic mass is 35.5. The lowest BCUT2D eigenvalue weighted by Crippen LogP contribution is -2.48. The number of hydrogen-bond acceptors (Lipinski definition) is 5. The predicted octanol–water partition coefficient (Wildman–Crippen LogP) is 3.62. The van der Waals surface area contributed by atoms with Crippen LogP contribution < -0.4 is 11.1 Å². The van der Waals surface area contributed by atoms with Gasteiger partial charge in [0, 0.05) is 23.7 Å². The predicted molar refractivity (Wildman–Crippen MR) is 101 cm³/mol. The molecule has 24 heavy (non-hydrogen) atoms. The quantitative estimate of drug-likeness (QED) is 0.410. The molecule has 1 amide bonds. The molecule has 0 saturated heterocycles. The zero-order valence-electron chi connectivity index (χ0n) is 14.5. The van der Waals surface area contributed by atoms with Gasteiger partial charge in [-0.2, -0.15) is 0 Å². The first-order valence-electron chi connectivity index (χ1n) is 7.60. The number of amides is 1. The molecule has 0 aliphatic heterocycles. The highest BCUT2D eigenvalue weighted by Crippen LogP contribution is 2.31. The van der Waals surface area contributed by atoms with Crippen LogP contribution in [0, 0.1) is 16.0 Å². The van der Waals surface area contributed by atoms with E-state index in [-0.39, 0.29) is 36.1 Å². The average molecular weight is 376 g/mol. The molecular weight excluding hydrogens is 350 g/mol. The Labute approximate surface area is 153 Å². The maximum absolute atomic E-state index is 12.2. The van der Waals surface area contributed by atoms with Crippen molar-refractivity contribution in [3.8, 4) is 0 Å². The topological polar surface area (TPSA) is 98.3 Å². The van der Waals surface area contributed by atoms with E-state index in [2.05, 4.69) is 19.2 Å². The van der Waals surface area contributed by atoms with Gasteiger partial charge < -0.3 is 11.1 Å². The normalized spacial score (nSPS) is 11.1. The first-order chi connectivity index (χ1) is 10.7. The van der Waals surface area contributed by atoms with Gasteiger partial charge in [0.1, 0.15) is 0 Å². The monoisotopic (exact) mass is 375 g/mol. The number of hydrogen-bond donors (Lipinski definition) is 2. The van der Waals surface area contributed by atoms with Crippen molar-refractivity contribution < 1.29 is 9.72 Å². The van der Waals surface area contributed by atoms with E-state index >= 15 is 0 Å². The maximum Gasteiger partial charge on any atom is 0.283 e. The summed E-state index contributed by atoms with van der Waals surface area (Å²) in [6.07, 6.45) is 0.981. The Hall–Kier alpha value is -1.31. The Morgan fingerprint density at radius 1 is 1.42 bits per heavy atom. The maximum atomic E-state index is 12.2. The Morgan fingerprint density at radius 3 is 2.54 bits per heavy atom. The standard InChI is InChI=1S/C16H25N3O3S.ClH/c1-11(2)7-8-23-14-6-5-12(9-13(14)19(21)22)15(20)18-16(3,4)10-17;/h5-6,9,11H,7-8,10,17H2,1-4H3,(H,18,20);1H. The Balaban J connectivity index is 0.00000529. The molecular formula is C16H26ClN3O3S. The van der Waals surface area contributed by atoms with E-state index in [1.807, 2.05) is 0 Å². The molecule has 0 fully saturated rings. The van der Waals surface area contributed by atoms with Gasteiger partial charge in [-0.25, -0.2) is 0 Å². The average Bonchev–Trinajstić information content (AvgIpc) is 2.46. The van der Waals surface area contributed by atoms with Gasteiger partial charge in [0.2, 0.25) is 0 Å². The first kappa shape index (κ1) is 22.7. The molecule has 0 aromatic heterocycles. The van der Waals surface area contributed by atoms with Crippen LogP contribution in [0.25, 0.3) is 0 Å². The molecule has 1 aromatic carbocycles. The van der Waals surface area contributed by atoms with Gasteiger partial charge in [-0.3, -0.25) is 14.9 Å². The van der Waals surface area contributed by atoms with E-state index in [1.165, 1.54) is 17.8 Å². The number of nitro groups is 1.